The van der Waals surface area contributed by atoms with Crippen molar-refractivity contribution in [3.8, 4) is 11.5 Å². The van der Waals surface area contributed by atoms with Gasteiger partial charge < -0.3 is 19.9 Å². The molecule has 3 heterocycles. The SMILES string of the molecule is Cc1nc(C(=O)NCc2ccc(F)c(C)c2)cc(-c2nnn(CC3CO[C@H](CO)CO3)n2)n1. The summed E-state index contributed by atoms with van der Waals surface area (Å²) in [5.74, 6) is -0.0692. The molecule has 0 aliphatic carbocycles. The number of ether oxygens (including phenoxy) is 2. The quantitative estimate of drug-likeness (QED) is 0.522. The van der Waals surface area contributed by atoms with Gasteiger partial charge in [0.05, 0.1) is 26.4 Å². The van der Waals surface area contributed by atoms with Gasteiger partial charge in [0.2, 0.25) is 5.82 Å². The van der Waals surface area contributed by atoms with Crippen molar-refractivity contribution in [3.63, 3.8) is 0 Å². The molecule has 3 aromatic rings. The Hall–Kier alpha value is -3.35. The highest BCUT2D eigenvalue weighted by molar-refractivity contribution is 5.93. The van der Waals surface area contributed by atoms with Crippen LogP contribution in [0.1, 0.15) is 27.4 Å². The Morgan fingerprint density at radius 2 is 2.00 bits per heavy atom. The number of rotatable bonds is 7. The third-order valence-corrected chi connectivity index (χ3v) is 5.03. The average molecular weight is 457 g/mol. The lowest BCUT2D eigenvalue weighted by molar-refractivity contribution is -0.150. The molecule has 1 aliphatic rings. The number of carbonyl (C=O) groups excluding carboxylic acids is 1. The number of aromatic nitrogens is 6. The van der Waals surface area contributed by atoms with E-state index in [-0.39, 0.29) is 42.7 Å². The zero-order valence-electron chi connectivity index (χ0n) is 18.2. The molecular weight excluding hydrogens is 433 g/mol. The second-order valence-electron chi connectivity index (χ2n) is 7.71. The Morgan fingerprint density at radius 1 is 1.21 bits per heavy atom. The minimum Gasteiger partial charge on any atom is -0.394 e. The first-order valence-corrected chi connectivity index (χ1v) is 10.4. The van der Waals surface area contributed by atoms with Gasteiger partial charge in [-0.3, -0.25) is 4.79 Å². The van der Waals surface area contributed by atoms with Crippen molar-refractivity contribution in [2.45, 2.75) is 39.1 Å². The van der Waals surface area contributed by atoms with E-state index in [4.69, 9.17) is 14.6 Å². The molecule has 1 amide bonds. The number of aliphatic hydroxyl groups is 1. The van der Waals surface area contributed by atoms with Gasteiger partial charge in [0, 0.05) is 6.54 Å². The van der Waals surface area contributed by atoms with E-state index in [9.17, 15) is 9.18 Å². The lowest BCUT2D eigenvalue weighted by Crippen LogP contribution is -2.40. The Morgan fingerprint density at radius 3 is 2.73 bits per heavy atom. The van der Waals surface area contributed by atoms with E-state index in [1.807, 2.05) is 0 Å². The number of nitrogens with zero attached hydrogens (tertiary/aromatic N) is 6. The molecule has 0 saturated carbocycles. The number of carbonyl (C=O) groups is 1. The second kappa shape index (κ2) is 10.1. The predicted molar refractivity (Wildman–Crippen MR) is 112 cm³/mol. The Balaban J connectivity index is 1.41. The van der Waals surface area contributed by atoms with Gasteiger partial charge in [-0.15, -0.1) is 10.2 Å². The van der Waals surface area contributed by atoms with Gasteiger partial charge in [-0.25, -0.2) is 14.4 Å². The molecule has 4 rings (SSSR count). The Kier molecular flexibility index (Phi) is 6.96. The highest BCUT2D eigenvalue weighted by Crippen LogP contribution is 2.14. The minimum absolute atomic E-state index is 0.0923. The number of aryl methyl sites for hydroxylation is 2. The minimum atomic E-state index is -0.401. The molecular formula is C21H24FN7O4. The highest BCUT2D eigenvalue weighted by Gasteiger charge is 2.23. The zero-order valence-corrected chi connectivity index (χ0v) is 18.2. The van der Waals surface area contributed by atoms with Gasteiger partial charge in [-0.2, -0.15) is 4.80 Å². The summed E-state index contributed by atoms with van der Waals surface area (Å²) in [5.41, 5.74) is 1.80. The first-order chi connectivity index (χ1) is 15.9. The third-order valence-electron chi connectivity index (χ3n) is 5.03. The maximum Gasteiger partial charge on any atom is 0.270 e. The fraction of sp³-hybridized carbons (Fsp3) is 0.429. The molecule has 1 unspecified atom stereocenters. The van der Waals surface area contributed by atoms with Crippen LogP contribution in [0.5, 0.6) is 0 Å². The molecule has 33 heavy (non-hydrogen) atoms. The summed E-state index contributed by atoms with van der Waals surface area (Å²) < 4.78 is 24.5. The fourth-order valence-electron chi connectivity index (χ4n) is 3.29. The highest BCUT2D eigenvalue weighted by atomic mass is 19.1. The number of hydrogen-bond donors (Lipinski definition) is 2. The van der Waals surface area contributed by atoms with Crippen molar-refractivity contribution in [2.24, 2.45) is 0 Å². The number of benzene rings is 1. The molecule has 1 saturated heterocycles. The maximum atomic E-state index is 13.4. The second-order valence-corrected chi connectivity index (χ2v) is 7.71. The van der Waals surface area contributed by atoms with E-state index in [1.54, 1.807) is 26.0 Å². The summed E-state index contributed by atoms with van der Waals surface area (Å²) in [6, 6.07) is 6.16. The molecule has 0 radical (unpaired) electrons. The average Bonchev–Trinajstić information content (AvgIpc) is 3.28. The number of halogens is 1. The van der Waals surface area contributed by atoms with Crippen LogP contribution in [-0.4, -0.2) is 73.2 Å². The van der Waals surface area contributed by atoms with E-state index in [1.165, 1.54) is 16.9 Å². The summed E-state index contributed by atoms with van der Waals surface area (Å²) in [5, 5.41) is 24.2. The summed E-state index contributed by atoms with van der Waals surface area (Å²) in [4.78, 5) is 22.5. The van der Waals surface area contributed by atoms with Crippen LogP contribution in [-0.2, 0) is 22.6 Å². The van der Waals surface area contributed by atoms with Crippen molar-refractivity contribution >= 4 is 5.91 Å². The van der Waals surface area contributed by atoms with Crippen LogP contribution in [0, 0.1) is 19.7 Å². The molecule has 2 atom stereocenters. The molecule has 2 aromatic heterocycles. The molecule has 1 aromatic carbocycles. The van der Waals surface area contributed by atoms with E-state index >= 15 is 0 Å². The molecule has 12 heteroatoms. The molecule has 11 nitrogen and oxygen atoms in total. The van der Waals surface area contributed by atoms with Crippen LogP contribution in [0.25, 0.3) is 11.5 Å². The fourth-order valence-corrected chi connectivity index (χ4v) is 3.29. The molecule has 1 fully saturated rings. The molecule has 174 valence electrons. The summed E-state index contributed by atoms with van der Waals surface area (Å²) in [7, 11) is 0. The number of amides is 1. The van der Waals surface area contributed by atoms with Gasteiger partial charge in [0.1, 0.15) is 35.2 Å². The van der Waals surface area contributed by atoms with Crippen molar-refractivity contribution < 1.29 is 23.8 Å². The monoisotopic (exact) mass is 457 g/mol. The lowest BCUT2D eigenvalue weighted by Gasteiger charge is -2.27. The largest absolute Gasteiger partial charge is 0.394 e. The van der Waals surface area contributed by atoms with E-state index in [0.29, 0.717) is 36.8 Å². The number of hydrogen-bond acceptors (Lipinski definition) is 9. The van der Waals surface area contributed by atoms with Crippen LogP contribution in [0.3, 0.4) is 0 Å². The Bertz CT molecular complexity index is 1130. The smallest absolute Gasteiger partial charge is 0.270 e. The predicted octanol–water partition coefficient (Wildman–Crippen LogP) is 0.592. The van der Waals surface area contributed by atoms with Crippen molar-refractivity contribution in [1.29, 1.82) is 0 Å². The Labute approximate surface area is 189 Å². The van der Waals surface area contributed by atoms with Crippen LogP contribution in [0.15, 0.2) is 24.3 Å². The molecule has 2 N–H and O–H groups in total. The van der Waals surface area contributed by atoms with Gasteiger partial charge >= 0.3 is 0 Å². The lowest BCUT2D eigenvalue weighted by atomic mass is 10.1. The van der Waals surface area contributed by atoms with E-state index in [0.717, 1.165) is 5.56 Å². The van der Waals surface area contributed by atoms with E-state index in [2.05, 4.69) is 30.7 Å². The zero-order chi connectivity index (χ0) is 23.4. The van der Waals surface area contributed by atoms with Gasteiger partial charge in [-0.1, -0.05) is 12.1 Å². The van der Waals surface area contributed by atoms with Crippen LogP contribution in [0.4, 0.5) is 4.39 Å². The number of nitrogens with one attached hydrogen (secondary N) is 1. The van der Waals surface area contributed by atoms with Crippen LogP contribution in [0.2, 0.25) is 0 Å². The van der Waals surface area contributed by atoms with Crippen LogP contribution >= 0.6 is 0 Å². The van der Waals surface area contributed by atoms with Gasteiger partial charge in [-0.05, 0) is 42.3 Å². The number of aliphatic hydroxyl groups excluding tert-OH is 1. The van der Waals surface area contributed by atoms with Crippen LogP contribution < -0.4 is 5.32 Å². The summed E-state index contributed by atoms with van der Waals surface area (Å²) >= 11 is 0. The van der Waals surface area contributed by atoms with Gasteiger partial charge in [0.25, 0.3) is 5.91 Å². The molecule has 1 aliphatic heterocycles. The first-order valence-electron chi connectivity index (χ1n) is 10.4. The third kappa shape index (κ3) is 5.72. The van der Waals surface area contributed by atoms with Crippen molar-refractivity contribution in [1.82, 2.24) is 35.5 Å². The molecule has 0 spiro atoms. The van der Waals surface area contributed by atoms with Gasteiger partial charge in [0.15, 0.2) is 0 Å². The normalized spacial score (nSPS) is 18.3. The van der Waals surface area contributed by atoms with Crippen molar-refractivity contribution in [2.75, 3.05) is 19.8 Å². The standard InChI is InChI=1S/C21H24FN7O4/c1-12-5-14(3-4-17(12)22)7-23-21(31)19-6-18(24-13(2)25-19)20-26-28-29(27-20)8-15-10-33-16(9-30)11-32-15/h3-6,15-16,30H,7-11H2,1-2H3,(H,23,31)/t15?,16-/m1/s1. The summed E-state index contributed by atoms with van der Waals surface area (Å²) in [6.07, 6.45) is -0.584. The molecule has 0 bridgehead atoms. The maximum absolute atomic E-state index is 13.4. The van der Waals surface area contributed by atoms with Crippen molar-refractivity contribution in [3.05, 3.63) is 52.7 Å². The summed E-state index contributed by atoms with van der Waals surface area (Å²) in [6.45, 7) is 4.40. The topological polar surface area (TPSA) is 137 Å². The van der Waals surface area contributed by atoms with E-state index < -0.39 is 5.91 Å². The number of tetrazole rings is 1. The first kappa shape index (κ1) is 22.8.